The Hall–Kier alpha value is -2.93. The molecule has 0 saturated carbocycles. The van der Waals surface area contributed by atoms with E-state index in [0.29, 0.717) is 0 Å². The van der Waals surface area contributed by atoms with Gasteiger partial charge in [-0.1, -0.05) is 13.8 Å². The summed E-state index contributed by atoms with van der Waals surface area (Å²) in [6, 6.07) is 1.92. The number of morpholine rings is 1. The Morgan fingerprint density at radius 2 is 1.94 bits per heavy atom. The summed E-state index contributed by atoms with van der Waals surface area (Å²) >= 11 is 0. The summed E-state index contributed by atoms with van der Waals surface area (Å²) in [4.78, 5) is 39.0. The highest BCUT2D eigenvalue weighted by Gasteiger charge is 2.34. The molecule has 0 bridgehead atoms. The average molecular weight is 478 g/mol. The lowest BCUT2D eigenvalue weighted by Crippen LogP contribution is -2.54. The first-order chi connectivity index (χ1) is 15.5. The van der Waals surface area contributed by atoms with Gasteiger partial charge in [-0.3, -0.25) is 19.3 Å². The van der Waals surface area contributed by atoms with Crippen molar-refractivity contribution in [1.29, 1.82) is 0 Å². The van der Waals surface area contributed by atoms with Crippen molar-refractivity contribution in [2.24, 2.45) is 11.7 Å². The fraction of sp³-hybridized carbons (Fsp3) is 0.550. The third kappa shape index (κ3) is 7.56. The number of hydrogen-bond donors (Lipinski definition) is 2. The number of nitrogens with two attached hydrogens (primary N) is 1. The van der Waals surface area contributed by atoms with Crippen LogP contribution in [0.25, 0.3) is 0 Å². The van der Waals surface area contributed by atoms with Crippen LogP contribution in [-0.2, 0) is 19.1 Å². The molecule has 33 heavy (non-hydrogen) atoms. The zero-order valence-corrected chi connectivity index (χ0v) is 18.1. The molecule has 2 rings (SSSR count). The first kappa shape index (κ1) is 26.3. The van der Waals surface area contributed by atoms with E-state index in [-0.39, 0.29) is 43.6 Å². The monoisotopic (exact) mass is 478 g/mol. The summed E-state index contributed by atoms with van der Waals surface area (Å²) in [5.41, 5.74) is 5.28. The van der Waals surface area contributed by atoms with Crippen LogP contribution < -0.4 is 20.7 Å². The number of nitrogens with zero attached hydrogens (tertiary/aromatic N) is 2. The fourth-order valence-electron chi connectivity index (χ4n) is 3.37. The van der Waals surface area contributed by atoms with E-state index < -0.39 is 49.1 Å². The molecule has 0 aromatic heterocycles. The van der Waals surface area contributed by atoms with Gasteiger partial charge in [0.05, 0.1) is 18.8 Å². The standard InChI is InChI=1S/C20H26F4N4O5/c1-11(2)8-27(9-15(21)22)17(18(25)30)19(31)26-13-4-3-12(7-14(13)33-20(23)24)28-5-6-32-10-16(28)29/h3-4,7,11,15,17,20H,5-6,8-10H2,1-2H3,(H2,25,30)(H,26,31)/t17-/m0/s1. The lowest BCUT2D eigenvalue weighted by molar-refractivity contribution is -0.133. The van der Waals surface area contributed by atoms with Crippen molar-refractivity contribution in [3.05, 3.63) is 18.2 Å². The van der Waals surface area contributed by atoms with Crippen LogP contribution in [0.15, 0.2) is 18.2 Å². The van der Waals surface area contributed by atoms with E-state index in [2.05, 4.69) is 10.1 Å². The highest BCUT2D eigenvalue weighted by molar-refractivity contribution is 6.10. The number of primary amides is 1. The van der Waals surface area contributed by atoms with Crippen molar-refractivity contribution in [3.8, 4) is 5.75 Å². The Balaban J connectivity index is 2.33. The Labute approximate surface area is 187 Å². The summed E-state index contributed by atoms with van der Waals surface area (Å²) in [7, 11) is 0. The molecule has 184 valence electrons. The van der Waals surface area contributed by atoms with Crippen molar-refractivity contribution in [2.75, 3.05) is 43.1 Å². The molecule has 1 aromatic carbocycles. The molecular weight excluding hydrogens is 452 g/mol. The van der Waals surface area contributed by atoms with Gasteiger partial charge < -0.3 is 25.4 Å². The van der Waals surface area contributed by atoms with Gasteiger partial charge in [0.2, 0.25) is 5.91 Å². The van der Waals surface area contributed by atoms with E-state index in [0.717, 1.165) is 11.0 Å². The maximum absolute atomic E-state index is 13.0. The topological polar surface area (TPSA) is 114 Å². The smallest absolute Gasteiger partial charge is 0.387 e. The third-order valence-corrected chi connectivity index (χ3v) is 4.59. The van der Waals surface area contributed by atoms with Gasteiger partial charge in [0.15, 0.2) is 11.8 Å². The number of hydrogen-bond acceptors (Lipinski definition) is 6. The molecule has 0 radical (unpaired) electrons. The van der Waals surface area contributed by atoms with Crippen molar-refractivity contribution >= 4 is 29.1 Å². The molecule has 3 amide bonds. The van der Waals surface area contributed by atoms with Gasteiger partial charge in [-0.15, -0.1) is 0 Å². The SMILES string of the molecule is CC(C)CN(CC(F)F)[C@@H](C(N)=O)C(=O)Nc1ccc(N2CCOCC2=O)cc1OC(F)F. The van der Waals surface area contributed by atoms with Crippen LogP contribution in [0, 0.1) is 5.92 Å². The summed E-state index contributed by atoms with van der Waals surface area (Å²) in [6.07, 6.45) is -2.85. The number of nitrogens with one attached hydrogen (secondary N) is 1. The number of carbonyl (C=O) groups excluding carboxylic acids is 3. The number of rotatable bonds is 11. The zero-order chi connectivity index (χ0) is 24.7. The molecule has 1 aliphatic rings. The van der Waals surface area contributed by atoms with Gasteiger partial charge >= 0.3 is 6.61 Å². The first-order valence-corrected chi connectivity index (χ1v) is 10.1. The predicted octanol–water partition coefficient (Wildman–Crippen LogP) is 1.67. The predicted molar refractivity (Wildman–Crippen MR) is 110 cm³/mol. The molecular formula is C20H26F4N4O5. The zero-order valence-electron chi connectivity index (χ0n) is 18.1. The summed E-state index contributed by atoms with van der Waals surface area (Å²) in [5, 5.41) is 2.25. The molecule has 1 fully saturated rings. The third-order valence-electron chi connectivity index (χ3n) is 4.59. The maximum atomic E-state index is 13.0. The number of carbonyl (C=O) groups is 3. The molecule has 0 aliphatic carbocycles. The van der Waals surface area contributed by atoms with Crippen molar-refractivity contribution in [2.45, 2.75) is 32.9 Å². The van der Waals surface area contributed by atoms with E-state index in [1.54, 1.807) is 13.8 Å². The number of alkyl halides is 4. The average Bonchev–Trinajstić information content (AvgIpc) is 2.68. The van der Waals surface area contributed by atoms with Gasteiger partial charge in [-0.25, -0.2) is 8.78 Å². The second-order valence-corrected chi connectivity index (χ2v) is 7.69. The summed E-state index contributed by atoms with van der Waals surface area (Å²) < 4.78 is 61.6. The fourth-order valence-corrected chi connectivity index (χ4v) is 3.37. The van der Waals surface area contributed by atoms with Crippen LogP contribution in [0.2, 0.25) is 0 Å². The number of benzene rings is 1. The minimum Gasteiger partial charge on any atom is -0.433 e. The highest BCUT2D eigenvalue weighted by Crippen LogP contribution is 2.32. The van der Waals surface area contributed by atoms with E-state index in [9.17, 15) is 31.9 Å². The Morgan fingerprint density at radius 3 is 2.48 bits per heavy atom. The number of amides is 3. The van der Waals surface area contributed by atoms with Crippen LogP contribution in [0.5, 0.6) is 5.75 Å². The lowest BCUT2D eigenvalue weighted by Gasteiger charge is -2.30. The van der Waals surface area contributed by atoms with E-state index in [1.807, 2.05) is 0 Å². The number of ether oxygens (including phenoxy) is 2. The molecule has 1 saturated heterocycles. The molecule has 0 spiro atoms. The number of halogens is 4. The van der Waals surface area contributed by atoms with Gasteiger partial charge in [-0.05, 0) is 18.1 Å². The normalized spacial score (nSPS) is 15.5. The van der Waals surface area contributed by atoms with E-state index >= 15 is 0 Å². The molecule has 3 N–H and O–H groups in total. The largest absolute Gasteiger partial charge is 0.433 e. The Bertz CT molecular complexity index is 846. The Kier molecular flexibility index (Phi) is 9.41. The Morgan fingerprint density at radius 1 is 1.24 bits per heavy atom. The quantitative estimate of drug-likeness (QED) is 0.370. The first-order valence-electron chi connectivity index (χ1n) is 10.1. The van der Waals surface area contributed by atoms with E-state index in [4.69, 9.17) is 10.5 Å². The molecule has 1 heterocycles. The minimum atomic E-state index is -3.26. The van der Waals surface area contributed by atoms with Crippen LogP contribution in [0.4, 0.5) is 28.9 Å². The van der Waals surface area contributed by atoms with Gasteiger partial charge in [-0.2, -0.15) is 8.78 Å². The van der Waals surface area contributed by atoms with E-state index in [1.165, 1.54) is 17.0 Å². The van der Waals surface area contributed by atoms with Crippen molar-refractivity contribution in [3.63, 3.8) is 0 Å². The maximum Gasteiger partial charge on any atom is 0.387 e. The summed E-state index contributed by atoms with van der Waals surface area (Å²) in [5.74, 6) is -3.32. The molecule has 1 atom stereocenters. The van der Waals surface area contributed by atoms with Crippen LogP contribution >= 0.6 is 0 Å². The molecule has 13 heteroatoms. The van der Waals surface area contributed by atoms with Crippen LogP contribution in [-0.4, -0.2) is 74.5 Å². The lowest BCUT2D eigenvalue weighted by atomic mass is 10.1. The van der Waals surface area contributed by atoms with Crippen LogP contribution in [0.1, 0.15) is 13.8 Å². The molecule has 1 aliphatic heterocycles. The van der Waals surface area contributed by atoms with Crippen molar-refractivity contribution < 1.29 is 41.4 Å². The molecule has 9 nitrogen and oxygen atoms in total. The second-order valence-electron chi connectivity index (χ2n) is 7.69. The minimum absolute atomic E-state index is 0.0379. The van der Waals surface area contributed by atoms with Gasteiger partial charge in [0.25, 0.3) is 18.2 Å². The number of anilines is 2. The highest BCUT2D eigenvalue weighted by atomic mass is 19.3. The summed E-state index contributed by atoms with van der Waals surface area (Å²) in [6.45, 7) is -0.546. The molecule has 0 unspecified atom stereocenters. The van der Waals surface area contributed by atoms with Gasteiger partial charge in [0.1, 0.15) is 6.61 Å². The second kappa shape index (κ2) is 11.8. The molecule has 1 aromatic rings. The van der Waals surface area contributed by atoms with Crippen LogP contribution in [0.3, 0.4) is 0 Å². The van der Waals surface area contributed by atoms with Crippen molar-refractivity contribution in [1.82, 2.24) is 4.90 Å². The van der Waals surface area contributed by atoms with Gasteiger partial charge in [0, 0.05) is 24.8 Å².